The number of hydrogen-bond donors (Lipinski definition) is 1. The third-order valence-corrected chi connectivity index (χ3v) is 2.13. The van der Waals surface area contributed by atoms with Gasteiger partial charge in [-0.2, -0.15) is 0 Å². The second-order valence-corrected chi connectivity index (χ2v) is 3.20. The lowest BCUT2D eigenvalue weighted by Crippen LogP contribution is -2.12. The predicted octanol–water partition coefficient (Wildman–Crippen LogP) is 1.83. The number of aromatic nitrogens is 2. The van der Waals surface area contributed by atoms with E-state index in [1.807, 2.05) is 36.2 Å². The van der Waals surface area contributed by atoms with E-state index in [4.69, 9.17) is 5.73 Å². The Hall–Kier alpha value is -2.10. The molecule has 0 amide bonds. The maximum absolute atomic E-state index is 5.62. The van der Waals surface area contributed by atoms with Gasteiger partial charge in [0.05, 0.1) is 0 Å². The molecule has 1 aromatic heterocycles. The summed E-state index contributed by atoms with van der Waals surface area (Å²) in [5.41, 5.74) is 7.38. The van der Waals surface area contributed by atoms with Crippen molar-refractivity contribution in [2.75, 3.05) is 17.7 Å². The van der Waals surface area contributed by atoms with Crippen molar-refractivity contribution in [3.8, 4) is 0 Å². The van der Waals surface area contributed by atoms with Crippen LogP contribution in [0.3, 0.4) is 0 Å². The first-order chi connectivity index (χ1) is 7.27. The van der Waals surface area contributed by atoms with E-state index in [0.717, 1.165) is 11.4 Å². The minimum absolute atomic E-state index is 0.669. The summed E-state index contributed by atoms with van der Waals surface area (Å²) in [7, 11) is 1.92. The van der Waals surface area contributed by atoms with Gasteiger partial charge < -0.3 is 10.6 Å². The van der Waals surface area contributed by atoms with Gasteiger partial charge >= 0.3 is 0 Å². The molecular weight excluding hydrogens is 188 g/mol. The highest BCUT2D eigenvalue weighted by molar-refractivity contribution is 5.59. The van der Waals surface area contributed by atoms with Gasteiger partial charge in [0.2, 0.25) is 5.95 Å². The van der Waals surface area contributed by atoms with Gasteiger partial charge in [0.1, 0.15) is 0 Å². The van der Waals surface area contributed by atoms with Crippen LogP contribution >= 0.6 is 0 Å². The van der Waals surface area contributed by atoms with Crippen LogP contribution in [0.1, 0.15) is 0 Å². The van der Waals surface area contributed by atoms with Crippen LogP contribution in [0.25, 0.3) is 0 Å². The molecule has 0 aliphatic carbocycles. The third kappa shape index (κ3) is 2.04. The highest BCUT2D eigenvalue weighted by Gasteiger charge is 2.04. The Morgan fingerprint density at radius 1 is 1.07 bits per heavy atom. The molecule has 0 saturated carbocycles. The Morgan fingerprint density at radius 2 is 1.67 bits per heavy atom. The zero-order valence-corrected chi connectivity index (χ0v) is 8.46. The van der Waals surface area contributed by atoms with Crippen molar-refractivity contribution in [3.63, 3.8) is 0 Å². The smallest absolute Gasteiger partial charge is 0.229 e. The molecular formula is C11H12N4. The largest absolute Gasteiger partial charge is 0.399 e. The summed E-state index contributed by atoms with van der Waals surface area (Å²) >= 11 is 0. The van der Waals surface area contributed by atoms with E-state index in [1.165, 1.54) is 0 Å². The molecule has 1 aromatic carbocycles. The van der Waals surface area contributed by atoms with Crippen LogP contribution in [0.4, 0.5) is 17.3 Å². The summed E-state index contributed by atoms with van der Waals surface area (Å²) in [6.45, 7) is 0. The molecule has 76 valence electrons. The number of nitrogens with two attached hydrogens (primary N) is 1. The maximum atomic E-state index is 5.62. The van der Waals surface area contributed by atoms with Crippen LogP contribution in [-0.2, 0) is 0 Å². The fraction of sp³-hybridized carbons (Fsp3) is 0.0909. The zero-order chi connectivity index (χ0) is 10.7. The van der Waals surface area contributed by atoms with Crippen molar-refractivity contribution < 1.29 is 0 Å². The van der Waals surface area contributed by atoms with Crippen LogP contribution in [0.5, 0.6) is 0 Å². The Morgan fingerprint density at radius 3 is 2.27 bits per heavy atom. The number of nitrogen functional groups attached to an aromatic ring is 1. The molecule has 1 heterocycles. The molecule has 0 unspecified atom stereocenters. The van der Waals surface area contributed by atoms with Gasteiger partial charge in [-0.1, -0.05) is 0 Å². The van der Waals surface area contributed by atoms with Crippen LogP contribution < -0.4 is 10.6 Å². The van der Waals surface area contributed by atoms with E-state index in [0.29, 0.717) is 5.95 Å². The van der Waals surface area contributed by atoms with Crippen molar-refractivity contribution in [1.82, 2.24) is 9.97 Å². The fourth-order valence-electron chi connectivity index (χ4n) is 1.28. The highest BCUT2D eigenvalue weighted by Crippen LogP contribution is 2.20. The number of anilines is 3. The topological polar surface area (TPSA) is 55.0 Å². The summed E-state index contributed by atoms with van der Waals surface area (Å²) in [4.78, 5) is 10.2. The maximum Gasteiger partial charge on any atom is 0.229 e. The second kappa shape index (κ2) is 3.96. The lowest BCUT2D eigenvalue weighted by Gasteiger charge is -2.16. The van der Waals surface area contributed by atoms with Crippen LogP contribution in [0.2, 0.25) is 0 Å². The van der Waals surface area contributed by atoms with E-state index in [2.05, 4.69) is 9.97 Å². The van der Waals surface area contributed by atoms with Gasteiger partial charge in [-0.3, -0.25) is 0 Å². The van der Waals surface area contributed by atoms with Crippen LogP contribution in [0, 0.1) is 0 Å². The molecule has 15 heavy (non-hydrogen) atoms. The van der Waals surface area contributed by atoms with Crippen molar-refractivity contribution in [2.45, 2.75) is 0 Å². The van der Waals surface area contributed by atoms with Gasteiger partial charge in [0.15, 0.2) is 0 Å². The fourth-order valence-corrected chi connectivity index (χ4v) is 1.28. The normalized spacial score (nSPS) is 9.93. The first-order valence-corrected chi connectivity index (χ1v) is 4.63. The molecule has 2 rings (SSSR count). The van der Waals surface area contributed by atoms with E-state index < -0.39 is 0 Å². The van der Waals surface area contributed by atoms with Gasteiger partial charge in [-0.05, 0) is 30.3 Å². The quantitative estimate of drug-likeness (QED) is 0.751. The molecule has 2 N–H and O–H groups in total. The predicted molar refractivity (Wildman–Crippen MR) is 60.9 cm³/mol. The average molecular weight is 200 g/mol. The highest BCUT2D eigenvalue weighted by atomic mass is 15.2. The molecule has 0 atom stereocenters. The van der Waals surface area contributed by atoms with E-state index >= 15 is 0 Å². The SMILES string of the molecule is CN(c1ccc(N)cc1)c1ncccn1. The minimum atomic E-state index is 0.669. The second-order valence-electron chi connectivity index (χ2n) is 3.20. The number of hydrogen-bond acceptors (Lipinski definition) is 4. The van der Waals surface area contributed by atoms with E-state index in [9.17, 15) is 0 Å². The molecule has 0 bridgehead atoms. The summed E-state index contributed by atoms with van der Waals surface area (Å²) in [6, 6.07) is 9.38. The molecule has 0 spiro atoms. The Balaban J connectivity index is 2.29. The standard InChI is InChI=1S/C11H12N4/c1-15(11-13-7-2-8-14-11)10-5-3-9(12)4-6-10/h2-8H,12H2,1H3. The summed E-state index contributed by atoms with van der Waals surface area (Å²) in [5.74, 6) is 0.669. The first kappa shape index (κ1) is 9.45. The summed E-state index contributed by atoms with van der Waals surface area (Å²) in [5, 5.41) is 0. The average Bonchev–Trinajstić information content (AvgIpc) is 2.30. The monoisotopic (exact) mass is 200 g/mol. The minimum Gasteiger partial charge on any atom is -0.399 e. The van der Waals surface area contributed by atoms with Gasteiger partial charge in [-0.25, -0.2) is 9.97 Å². The summed E-state index contributed by atoms with van der Waals surface area (Å²) in [6.07, 6.45) is 3.44. The van der Waals surface area contributed by atoms with Crippen LogP contribution in [-0.4, -0.2) is 17.0 Å². The van der Waals surface area contributed by atoms with Crippen molar-refractivity contribution >= 4 is 17.3 Å². The number of nitrogens with zero attached hydrogens (tertiary/aromatic N) is 3. The molecule has 0 aliphatic rings. The molecule has 0 aliphatic heterocycles. The molecule has 4 nitrogen and oxygen atoms in total. The lowest BCUT2D eigenvalue weighted by atomic mass is 10.3. The number of rotatable bonds is 2. The van der Waals surface area contributed by atoms with Crippen molar-refractivity contribution in [3.05, 3.63) is 42.7 Å². The lowest BCUT2D eigenvalue weighted by molar-refractivity contribution is 1.04. The molecule has 0 radical (unpaired) electrons. The molecule has 2 aromatic rings. The molecule has 0 fully saturated rings. The van der Waals surface area contributed by atoms with Gasteiger partial charge in [0, 0.05) is 30.8 Å². The van der Waals surface area contributed by atoms with Gasteiger partial charge in [-0.15, -0.1) is 0 Å². The third-order valence-electron chi connectivity index (χ3n) is 2.13. The Labute approximate surface area is 88.4 Å². The first-order valence-electron chi connectivity index (χ1n) is 4.63. The molecule has 4 heteroatoms. The van der Waals surface area contributed by atoms with E-state index in [1.54, 1.807) is 18.5 Å². The Kier molecular flexibility index (Phi) is 2.49. The van der Waals surface area contributed by atoms with Gasteiger partial charge in [0.25, 0.3) is 0 Å². The van der Waals surface area contributed by atoms with Crippen LogP contribution in [0.15, 0.2) is 42.7 Å². The zero-order valence-electron chi connectivity index (χ0n) is 8.46. The summed E-state index contributed by atoms with van der Waals surface area (Å²) < 4.78 is 0. The van der Waals surface area contributed by atoms with Crippen molar-refractivity contribution in [1.29, 1.82) is 0 Å². The number of benzene rings is 1. The van der Waals surface area contributed by atoms with E-state index in [-0.39, 0.29) is 0 Å². The Bertz CT molecular complexity index is 424. The molecule has 0 saturated heterocycles. The van der Waals surface area contributed by atoms with Crippen molar-refractivity contribution in [2.24, 2.45) is 0 Å².